The average molecular weight is 551 g/mol. The number of carbonyl (C=O) groups is 2. The summed E-state index contributed by atoms with van der Waals surface area (Å²) in [4.78, 5) is 27.7. The molecule has 38 heavy (non-hydrogen) atoms. The second kappa shape index (κ2) is 11.8. The topological polar surface area (TPSA) is 94.9 Å². The third kappa shape index (κ3) is 8.10. The molecule has 0 radical (unpaired) electrons. The van der Waals surface area contributed by atoms with Crippen LogP contribution in [0.3, 0.4) is 0 Å². The summed E-state index contributed by atoms with van der Waals surface area (Å²) in [6.07, 6.45) is 6.39. The average Bonchev–Trinajstić information content (AvgIpc) is 2.98. The highest BCUT2D eigenvalue weighted by atomic mass is 32.3. The number of rotatable bonds is 8. The van der Waals surface area contributed by atoms with E-state index in [1.54, 1.807) is 4.90 Å². The fraction of sp³-hybridized carbons (Fsp3) is 0.679. The summed E-state index contributed by atoms with van der Waals surface area (Å²) in [5, 5.41) is 9.08. The first-order chi connectivity index (χ1) is 17.6. The molecule has 214 valence electrons. The fourth-order valence-corrected chi connectivity index (χ4v) is 4.98. The fourth-order valence-electron chi connectivity index (χ4n) is 4.36. The number of aryl methyl sites for hydroxylation is 1. The lowest BCUT2D eigenvalue weighted by Gasteiger charge is -2.30. The van der Waals surface area contributed by atoms with Crippen LogP contribution >= 0.6 is 10.0 Å². The molecule has 1 aliphatic rings. The van der Waals surface area contributed by atoms with Crippen LogP contribution in [0.2, 0.25) is 0 Å². The third-order valence-electron chi connectivity index (χ3n) is 6.34. The van der Waals surface area contributed by atoms with Gasteiger partial charge in [-0.15, -0.1) is 0 Å². The number of aromatic nitrogens is 2. The number of ether oxygens (including phenoxy) is 3. The minimum absolute atomic E-state index is 0.190. The molecule has 1 aromatic heterocycles. The Bertz CT molecular complexity index is 1130. The standard InChI is InChI=1S/C28H46N4O5S/c1-20-11-10-12-22-23(20)32(19-36-15-16-38(7,8)9)30-24(22)28(5,6)29-25(33)21-17-31(13-14-35-18-21)26(34)37-27(2,3)4/h10-12,21H,13-19H2,1-9H3,(H,29,33). The molecule has 2 aromatic rings. The van der Waals surface area contributed by atoms with Crippen LogP contribution in [0.25, 0.3) is 10.9 Å². The van der Waals surface area contributed by atoms with Gasteiger partial charge in [-0.3, -0.25) is 4.79 Å². The molecule has 1 aromatic carbocycles. The van der Waals surface area contributed by atoms with E-state index < -0.39 is 33.2 Å². The first-order valence-electron chi connectivity index (χ1n) is 13.2. The van der Waals surface area contributed by atoms with E-state index in [0.29, 0.717) is 26.5 Å². The largest absolute Gasteiger partial charge is 0.444 e. The Kier molecular flexibility index (Phi) is 9.42. The van der Waals surface area contributed by atoms with Crippen LogP contribution in [0.1, 0.15) is 45.9 Å². The Morgan fingerprint density at radius 3 is 2.55 bits per heavy atom. The molecule has 1 saturated heterocycles. The molecule has 0 aliphatic carbocycles. The molecule has 0 bridgehead atoms. The number of hydrogen-bond acceptors (Lipinski definition) is 6. The Labute approximate surface area is 228 Å². The van der Waals surface area contributed by atoms with E-state index in [4.69, 9.17) is 19.3 Å². The highest BCUT2D eigenvalue weighted by molar-refractivity contribution is 8.32. The van der Waals surface area contributed by atoms with Crippen LogP contribution < -0.4 is 5.32 Å². The van der Waals surface area contributed by atoms with Gasteiger partial charge < -0.3 is 24.4 Å². The Morgan fingerprint density at radius 2 is 1.89 bits per heavy atom. The molecule has 3 rings (SSSR count). The van der Waals surface area contributed by atoms with E-state index >= 15 is 0 Å². The van der Waals surface area contributed by atoms with Gasteiger partial charge in [0.2, 0.25) is 5.91 Å². The molecule has 1 aliphatic heterocycles. The van der Waals surface area contributed by atoms with Crippen molar-refractivity contribution in [3.63, 3.8) is 0 Å². The van der Waals surface area contributed by atoms with Gasteiger partial charge in [0.25, 0.3) is 0 Å². The van der Waals surface area contributed by atoms with Crippen molar-refractivity contribution in [1.82, 2.24) is 20.0 Å². The van der Waals surface area contributed by atoms with Crippen LogP contribution in [0.15, 0.2) is 18.2 Å². The van der Waals surface area contributed by atoms with Crippen molar-refractivity contribution in [2.45, 2.75) is 59.4 Å². The van der Waals surface area contributed by atoms with Crippen LogP contribution in [0, 0.1) is 12.8 Å². The molecule has 2 amide bonds. The second-order valence-electron chi connectivity index (χ2n) is 12.5. The van der Waals surface area contributed by atoms with Crippen LogP contribution in [0.5, 0.6) is 0 Å². The van der Waals surface area contributed by atoms with Gasteiger partial charge in [-0.05, 0) is 65.9 Å². The van der Waals surface area contributed by atoms with Crippen molar-refractivity contribution in [3.8, 4) is 0 Å². The minimum Gasteiger partial charge on any atom is -0.444 e. The minimum atomic E-state index is -0.771. The van der Waals surface area contributed by atoms with E-state index in [1.807, 2.05) is 51.4 Å². The number of para-hydroxylation sites is 1. The molecule has 0 spiro atoms. The molecule has 10 heteroatoms. The molecule has 2 heterocycles. The van der Waals surface area contributed by atoms with Crippen LogP contribution in [-0.2, 0) is 31.3 Å². The summed E-state index contributed by atoms with van der Waals surface area (Å²) in [7, 11) is -0.637. The summed E-state index contributed by atoms with van der Waals surface area (Å²) in [5.74, 6) is 0.316. The highest BCUT2D eigenvalue weighted by Crippen LogP contribution is 2.34. The lowest BCUT2D eigenvalue weighted by molar-refractivity contribution is -0.128. The first-order valence-corrected chi connectivity index (χ1v) is 16.2. The van der Waals surface area contributed by atoms with Crippen molar-refractivity contribution in [2.24, 2.45) is 5.92 Å². The second-order valence-corrected chi connectivity index (χ2v) is 17.1. The van der Waals surface area contributed by atoms with Crippen molar-refractivity contribution >= 4 is 32.9 Å². The number of carbonyl (C=O) groups excluding carboxylic acids is 2. The Balaban J connectivity index is 1.78. The van der Waals surface area contributed by atoms with Crippen molar-refractivity contribution < 1.29 is 23.8 Å². The van der Waals surface area contributed by atoms with E-state index in [2.05, 4.69) is 37.1 Å². The van der Waals surface area contributed by atoms with E-state index in [1.165, 1.54) is 0 Å². The van der Waals surface area contributed by atoms with E-state index in [0.717, 1.165) is 27.9 Å². The summed E-state index contributed by atoms with van der Waals surface area (Å²) < 4.78 is 19.1. The monoisotopic (exact) mass is 550 g/mol. The van der Waals surface area contributed by atoms with E-state index in [-0.39, 0.29) is 19.1 Å². The predicted octanol–water partition coefficient (Wildman–Crippen LogP) is 4.25. The number of amides is 2. The quantitative estimate of drug-likeness (QED) is 0.494. The zero-order chi connectivity index (χ0) is 28.3. The van der Waals surface area contributed by atoms with Crippen LogP contribution in [-0.4, -0.2) is 89.7 Å². The predicted molar refractivity (Wildman–Crippen MR) is 154 cm³/mol. The number of benzene rings is 1. The number of nitrogens with zero attached hydrogens (tertiary/aromatic N) is 3. The van der Waals surface area contributed by atoms with E-state index in [9.17, 15) is 9.59 Å². The maximum absolute atomic E-state index is 13.5. The maximum Gasteiger partial charge on any atom is 0.410 e. The molecular weight excluding hydrogens is 504 g/mol. The number of nitrogens with one attached hydrogen (secondary N) is 1. The highest BCUT2D eigenvalue weighted by Gasteiger charge is 2.35. The number of fused-ring (bicyclic) bond motifs is 1. The van der Waals surface area contributed by atoms with Gasteiger partial charge >= 0.3 is 6.09 Å². The van der Waals surface area contributed by atoms with Gasteiger partial charge in [-0.1, -0.05) is 18.2 Å². The summed E-state index contributed by atoms with van der Waals surface area (Å²) >= 11 is 0. The molecule has 1 N–H and O–H groups in total. The lowest BCUT2D eigenvalue weighted by atomic mass is 9.95. The summed E-state index contributed by atoms with van der Waals surface area (Å²) in [6, 6.07) is 6.10. The SMILES string of the molecule is Cc1cccc2c(C(C)(C)NC(=O)C3COCCN(C(=O)OC(C)(C)C)C3)nn(COCCS(C)(C)C)c12. The van der Waals surface area contributed by atoms with Gasteiger partial charge in [0, 0.05) is 24.2 Å². The van der Waals surface area contributed by atoms with Gasteiger partial charge in [0.15, 0.2) is 0 Å². The number of hydrogen-bond donors (Lipinski definition) is 1. The molecule has 1 atom stereocenters. The van der Waals surface area contributed by atoms with Gasteiger partial charge in [-0.2, -0.15) is 5.10 Å². The van der Waals surface area contributed by atoms with Gasteiger partial charge in [0.05, 0.1) is 42.5 Å². The van der Waals surface area contributed by atoms with Crippen molar-refractivity contribution in [1.29, 1.82) is 0 Å². The lowest BCUT2D eigenvalue weighted by Crippen LogP contribution is -2.48. The zero-order valence-electron chi connectivity index (χ0n) is 24.6. The molecular formula is C28H46N4O5S. The Morgan fingerprint density at radius 1 is 1.18 bits per heavy atom. The summed E-state index contributed by atoms with van der Waals surface area (Å²) in [6.45, 7) is 13.7. The molecule has 9 nitrogen and oxygen atoms in total. The normalized spacial score (nSPS) is 17.8. The smallest absolute Gasteiger partial charge is 0.410 e. The van der Waals surface area contributed by atoms with Crippen molar-refractivity contribution in [2.75, 3.05) is 57.4 Å². The zero-order valence-corrected chi connectivity index (χ0v) is 25.4. The maximum atomic E-state index is 13.5. The molecule has 0 saturated carbocycles. The van der Waals surface area contributed by atoms with Gasteiger partial charge in [0.1, 0.15) is 12.3 Å². The Hall–Kier alpha value is -2.30. The van der Waals surface area contributed by atoms with Crippen molar-refractivity contribution in [3.05, 3.63) is 29.5 Å². The van der Waals surface area contributed by atoms with Gasteiger partial charge in [-0.25, -0.2) is 19.5 Å². The summed E-state index contributed by atoms with van der Waals surface area (Å²) in [5.41, 5.74) is 1.49. The molecule has 1 fully saturated rings. The molecule has 1 unspecified atom stereocenters. The first kappa shape index (κ1) is 30.2. The van der Waals surface area contributed by atoms with Crippen LogP contribution in [0.4, 0.5) is 4.79 Å². The third-order valence-corrected chi connectivity index (χ3v) is 7.73.